The van der Waals surface area contributed by atoms with Crippen molar-refractivity contribution in [1.29, 1.82) is 0 Å². The summed E-state index contributed by atoms with van der Waals surface area (Å²) in [5.74, 6) is 1.04. The number of piperidine rings is 1. The minimum Gasteiger partial charge on any atom is -0.340 e. The van der Waals surface area contributed by atoms with Gasteiger partial charge >= 0.3 is 0 Å². The molecule has 1 atom stereocenters. The van der Waals surface area contributed by atoms with Crippen LogP contribution < -0.4 is 0 Å². The SMILES string of the molecule is CCCn1c(CCC(=O)N2CCCCC2C)nc2cc(S(=O)(=O)N(CC)CC)ccc21. The van der Waals surface area contributed by atoms with E-state index in [1.807, 2.05) is 24.8 Å². The van der Waals surface area contributed by atoms with Gasteiger partial charge in [-0.1, -0.05) is 20.8 Å². The van der Waals surface area contributed by atoms with Gasteiger partial charge in [0.15, 0.2) is 0 Å². The van der Waals surface area contributed by atoms with Crippen molar-refractivity contribution >= 4 is 27.0 Å². The van der Waals surface area contributed by atoms with E-state index in [2.05, 4.69) is 18.4 Å². The molecule has 0 radical (unpaired) electrons. The summed E-state index contributed by atoms with van der Waals surface area (Å²) in [6.07, 6.45) is 5.28. The number of hydrogen-bond donors (Lipinski definition) is 0. The Hall–Kier alpha value is -1.93. The minimum atomic E-state index is -3.53. The molecule has 31 heavy (non-hydrogen) atoms. The quantitative estimate of drug-likeness (QED) is 0.585. The molecule has 0 aliphatic carbocycles. The fraction of sp³-hybridized carbons (Fsp3) is 0.652. The van der Waals surface area contributed by atoms with Crippen molar-refractivity contribution in [3.63, 3.8) is 0 Å². The number of amides is 1. The second-order valence-corrected chi connectivity index (χ2v) is 10.3. The maximum absolute atomic E-state index is 12.9. The molecule has 1 aromatic heterocycles. The van der Waals surface area contributed by atoms with E-state index in [9.17, 15) is 13.2 Å². The molecule has 1 aliphatic rings. The molecule has 8 heteroatoms. The van der Waals surface area contributed by atoms with Crippen molar-refractivity contribution < 1.29 is 13.2 Å². The molecule has 1 fully saturated rings. The molecule has 0 N–H and O–H groups in total. The first-order valence-electron chi connectivity index (χ1n) is 11.6. The molecule has 172 valence electrons. The monoisotopic (exact) mass is 448 g/mol. The Kier molecular flexibility index (Phi) is 7.75. The number of aryl methyl sites for hydroxylation is 2. The van der Waals surface area contributed by atoms with Crippen LogP contribution >= 0.6 is 0 Å². The number of hydrogen-bond acceptors (Lipinski definition) is 4. The third-order valence-corrected chi connectivity index (χ3v) is 8.32. The lowest BCUT2D eigenvalue weighted by Gasteiger charge is -2.33. The molecule has 2 heterocycles. The van der Waals surface area contributed by atoms with Crippen LogP contribution in [-0.2, 0) is 27.8 Å². The van der Waals surface area contributed by atoms with Crippen LogP contribution in [0.4, 0.5) is 0 Å². The van der Waals surface area contributed by atoms with Crippen molar-refractivity contribution in [2.75, 3.05) is 19.6 Å². The van der Waals surface area contributed by atoms with Crippen LogP contribution in [0.3, 0.4) is 0 Å². The van der Waals surface area contributed by atoms with Gasteiger partial charge in [0.1, 0.15) is 5.82 Å². The summed E-state index contributed by atoms with van der Waals surface area (Å²) in [5, 5.41) is 0. The molecule has 0 spiro atoms. The number of carbonyl (C=O) groups excluding carboxylic acids is 1. The third kappa shape index (κ3) is 4.95. The lowest BCUT2D eigenvalue weighted by molar-refractivity contribution is -0.134. The average Bonchev–Trinajstić information content (AvgIpc) is 3.10. The van der Waals surface area contributed by atoms with Crippen molar-refractivity contribution in [3.8, 4) is 0 Å². The predicted molar refractivity (Wildman–Crippen MR) is 123 cm³/mol. The van der Waals surface area contributed by atoms with Gasteiger partial charge in [0.25, 0.3) is 0 Å². The van der Waals surface area contributed by atoms with E-state index in [0.717, 1.165) is 43.7 Å². The van der Waals surface area contributed by atoms with Crippen LogP contribution in [0.5, 0.6) is 0 Å². The molecule has 3 rings (SSSR count). The topological polar surface area (TPSA) is 75.5 Å². The highest BCUT2D eigenvalue weighted by Crippen LogP contribution is 2.24. The van der Waals surface area contributed by atoms with Gasteiger partial charge in [-0.25, -0.2) is 13.4 Å². The number of aromatic nitrogens is 2. The Balaban J connectivity index is 1.87. The molecule has 0 saturated carbocycles. The van der Waals surface area contributed by atoms with E-state index in [0.29, 0.717) is 37.5 Å². The normalized spacial score (nSPS) is 17.6. The Labute approximate surface area is 186 Å². The highest BCUT2D eigenvalue weighted by Gasteiger charge is 2.25. The smallest absolute Gasteiger partial charge is 0.243 e. The lowest BCUT2D eigenvalue weighted by Crippen LogP contribution is -2.42. The molecule has 7 nitrogen and oxygen atoms in total. The number of carbonyl (C=O) groups is 1. The first-order chi connectivity index (χ1) is 14.8. The van der Waals surface area contributed by atoms with Gasteiger partial charge in [-0.15, -0.1) is 0 Å². The number of rotatable bonds is 9. The van der Waals surface area contributed by atoms with Gasteiger partial charge in [-0.05, 0) is 50.8 Å². The van der Waals surface area contributed by atoms with E-state index >= 15 is 0 Å². The summed E-state index contributed by atoms with van der Waals surface area (Å²) in [6.45, 7) is 10.4. The number of sulfonamides is 1. The fourth-order valence-corrected chi connectivity index (χ4v) is 6.01. The average molecular weight is 449 g/mol. The fourth-order valence-electron chi connectivity index (χ4n) is 4.53. The first kappa shape index (κ1) is 23.7. The highest BCUT2D eigenvalue weighted by molar-refractivity contribution is 7.89. The number of nitrogens with zero attached hydrogens (tertiary/aromatic N) is 4. The number of fused-ring (bicyclic) bond motifs is 1. The van der Waals surface area contributed by atoms with Crippen LogP contribution in [-0.4, -0.2) is 58.8 Å². The number of imidazole rings is 1. The second kappa shape index (κ2) is 10.1. The lowest BCUT2D eigenvalue weighted by atomic mass is 10.0. The maximum Gasteiger partial charge on any atom is 0.243 e. The van der Waals surface area contributed by atoms with Crippen molar-refractivity contribution in [2.24, 2.45) is 0 Å². The summed E-state index contributed by atoms with van der Waals surface area (Å²) in [7, 11) is -3.53. The summed E-state index contributed by atoms with van der Waals surface area (Å²) in [4.78, 5) is 19.8. The van der Waals surface area contributed by atoms with E-state index in [1.54, 1.807) is 12.1 Å². The standard InChI is InChI=1S/C23H36N4O3S/c1-5-15-27-21-12-11-19(31(29,30)25(6-2)7-3)17-20(21)24-22(27)13-14-23(28)26-16-9-8-10-18(26)4/h11-12,17-18H,5-10,13-16H2,1-4H3. The molecule has 1 aliphatic heterocycles. The minimum absolute atomic E-state index is 0.187. The molecule has 1 saturated heterocycles. The van der Waals surface area contributed by atoms with Crippen LogP contribution in [0, 0.1) is 0 Å². The van der Waals surface area contributed by atoms with Crippen LogP contribution in [0.2, 0.25) is 0 Å². The van der Waals surface area contributed by atoms with Gasteiger partial charge in [0, 0.05) is 45.1 Å². The van der Waals surface area contributed by atoms with Crippen molar-refractivity contribution in [3.05, 3.63) is 24.0 Å². The Bertz CT molecular complexity index is 1010. The summed E-state index contributed by atoms with van der Waals surface area (Å²) in [5.41, 5.74) is 1.60. The van der Waals surface area contributed by atoms with Gasteiger partial charge in [0.05, 0.1) is 15.9 Å². The van der Waals surface area contributed by atoms with Crippen LogP contribution in [0.25, 0.3) is 11.0 Å². The summed E-state index contributed by atoms with van der Waals surface area (Å²) in [6, 6.07) is 5.51. The zero-order valence-corrected chi connectivity index (χ0v) is 20.1. The van der Waals surface area contributed by atoms with Crippen molar-refractivity contribution in [2.45, 2.75) is 83.7 Å². The van der Waals surface area contributed by atoms with E-state index in [4.69, 9.17) is 4.98 Å². The van der Waals surface area contributed by atoms with Gasteiger partial charge in [-0.3, -0.25) is 4.79 Å². The molecule has 1 unspecified atom stereocenters. The first-order valence-corrected chi connectivity index (χ1v) is 13.1. The summed E-state index contributed by atoms with van der Waals surface area (Å²) < 4.78 is 29.4. The molecular weight excluding hydrogens is 412 g/mol. The zero-order chi connectivity index (χ0) is 22.6. The molecule has 1 amide bonds. The highest BCUT2D eigenvalue weighted by atomic mass is 32.2. The van der Waals surface area contributed by atoms with Gasteiger partial charge in [-0.2, -0.15) is 4.31 Å². The number of likely N-dealkylation sites (tertiary alicyclic amines) is 1. The summed E-state index contributed by atoms with van der Waals surface area (Å²) >= 11 is 0. The molecule has 1 aromatic carbocycles. The third-order valence-electron chi connectivity index (χ3n) is 6.27. The van der Waals surface area contributed by atoms with Crippen LogP contribution in [0.15, 0.2) is 23.1 Å². The van der Waals surface area contributed by atoms with E-state index in [-0.39, 0.29) is 10.8 Å². The Morgan fingerprint density at radius 2 is 1.94 bits per heavy atom. The Morgan fingerprint density at radius 3 is 2.58 bits per heavy atom. The maximum atomic E-state index is 12.9. The van der Waals surface area contributed by atoms with Gasteiger partial charge < -0.3 is 9.47 Å². The molecule has 2 aromatic rings. The van der Waals surface area contributed by atoms with E-state index < -0.39 is 10.0 Å². The van der Waals surface area contributed by atoms with Crippen molar-refractivity contribution in [1.82, 2.24) is 18.8 Å². The Morgan fingerprint density at radius 1 is 1.19 bits per heavy atom. The predicted octanol–water partition coefficient (Wildman–Crippen LogP) is 3.81. The van der Waals surface area contributed by atoms with Gasteiger partial charge in [0.2, 0.25) is 15.9 Å². The largest absolute Gasteiger partial charge is 0.340 e. The van der Waals surface area contributed by atoms with E-state index in [1.165, 1.54) is 10.7 Å². The molecular formula is C23H36N4O3S. The zero-order valence-electron chi connectivity index (χ0n) is 19.3. The second-order valence-electron chi connectivity index (χ2n) is 8.35. The molecule has 0 bridgehead atoms. The number of benzene rings is 1. The van der Waals surface area contributed by atoms with Crippen LogP contribution in [0.1, 0.15) is 65.6 Å².